The van der Waals surface area contributed by atoms with Crippen LogP contribution in [0.3, 0.4) is 0 Å². The summed E-state index contributed by atoms with van der Waals surface area (Å²) in [6, 6.07) is 3.05. The number of hydrogen-bond acceptors (Lipinski definition) is 6. The Hall–Kier alpha value is -2.09. The van der Waals surface area contributed by atoms with Gasteiger partial charge in [0, 0.05) is 44.5 Å². The lowest BCUT2D eigenvalue weighted by atomic mass is 9.84. The Labute approximate surface area is 185 Å². The fourth-order valence-electron chi connectivity index (χ4n) is 5.48. The molecule has 2 aliphatic heterocycles. The SMILES string of the molecule is O=C(O)NCC1CCC(N2CCCC(Nc3nccc(N4CCCCCC4)n3)C2)CC1. The van der Waals surface area contributed by atoms with Crippen LogP contribution >= 0.6 is 0 Å². The zero-order valence-corrected chi connectivity index (χ0v) is 18.6. The minimum atomic E-state index is -0.908. The van der Waals surface area contributed by atoms with E-state index in [0.29, 0.717) is 24.5 Å². The zero-order valence-electron chi connectivity index (χ0n) is 18.6. The summed E-state index contributed by atoms with van der Waals surface area (Å²) < 4.78 is 0. The van der Waals surface area contributed by atoms with Crippen LogP contribution in [0.4, 0.5) is 16.6 Å². The monoisotopic (exact) mass is 430 g/mol. The van der Waals surface area contributed by atoms with E-state index in [-0.39, 0.29) is 0 Å². The maximum absolute atomic E-state index is 10.7. The predicted octanol–water partition coefficient (Wildman–Crippen LogP) is 3.56. The molecule has 2 saturated heterocycles. The van der Waals surface area contributed by atoms with Crippen LogP contribution in [-0.2, 0) is 0 Å². The summed E-state index contributed by atoms with van der Waals surface area (Å²) in [4.78, 5) is 25.1. The Morgan fingerprint density at radius 1 is 1.03 bits per heavy atom. The first kappa shape index (κ1) is 22.1. The van der Waals surface area contributed by atoms with Crippen LogP contribution < -0.4 is 15.5 Å². The standard InChI is InChI=1S/C23H38N6O2/c30-23(31)25-16-18-7-9-20(10-8-18)29-15-5-6-19(17-29)26-22-24-12-11-21(27-22)28-13-3-1-2-4-14-28/h11-12,18-20,25H,1-10,13-17H2,(H,30,31)(H,24,26,27). The molecule has 1 aromatic rings. The van der Waals surface area contributed by atoms with E-state index < -0.39 is 6.09 Å². The van der Waals surface area contributed by atoms with Crippen LogP contribution in [0.2, 0.25) is 0 Å². The van der Waals surface area contributed by atoms with Gasteiger partial charge in [-0.1, -0.05) is 12.8 Å². The Bertz CT molecular complexity index is 701. The van der Waals surface area contributed by atoms with Crippen LogP contribution in [0.25, 0.3) is 0 Å². The quantitative estimate of drug-likeness (QED) is 0.635. The Morgan fingerprint density at radius 2 is 1.81 bits per heavy atom. The molecular weight excluding hydrogens is 392 g/mol. The number of carboxylic acid groups (broad SMARTS) is 1. The number of aromatic nitrogens is 2. The highest BCUT2D eigenvalue weighted by Crippen LogP contribution is 2.29. The fraction of sp³-hybridized carbons (Fsp3) is 0.783. The van der Waals surface area contributed by atoms with E-state index in [9.17, 15) is 4.79 Å². The van der Waals surface area contributed by atoms with Crippen molar-refractivity contribution < 1.29 is 9.90 Å². The van der Waals surface area contributed by atoms with Crippen LogP contribution in [0.15, 0.2) is 12.3 Å². The van der Waals surface area contributed by atoms with Gasteiger partial charge in [0.25, 0.3) is 0 Å². The Kier molecular flexibility index (Phi) is 7.83. The summed E-state index contributed by atoms with van der Waals surface area (Å²) in [5.41, 5.74) is 0. The average Bonchev–Trinajstić information content (AvgIpc) is 3.08. The van der Waals surface area contributed by atoms with Crippen molar-refractivity contribution in [3.05, 3.63) is 12.3 Å². The normalized spacial score (nSPS) is 28.0. The number of hydrogen-bond donors (Lipinski definition) is 3. The van der Waals surface area contributed by atoms with E-state index in [2.05, 4.69) is 25.4 Å². The van der Waals surface area contributed by atoms with E-state index in [0.717, 1.165) is 57.2 Å². The van der Waals surface area contributed by atoms with E-state index in [1.807, 2.05) is 12.3 Å². The number of nitrogens with one attached hydrogen (secondary N) is 2. The van der Waals surface area contributed by atoms with Crippen molar-refractivity contribution >= 4 is 17.9 Å². The van der Waals surface area contributed by atoms with Crippen molar-refractivity contribution in [2.45, 2.75) is 76.3 Å². The van der Waals surface area contributed by atoms with Gasteiger partial charge in [0.1, 0.15) is 5.82 Å². The fourth-order valence-corrected chi connectivity index (χ4v) is 5.48. The molecule has 31 heavy (non-hydrogen) atoms. The molecule has 172 valence electrons. The smallest absolute Gasteiger partial charge is 0.404 e. The number of amides is 1. The first-order chi connectivity index (χ1) is 15.2. The van der Waals surface area contributed by atoms with Gasteiger partial charge < -0.3 is 20.6 Å². The number of piperidine rings is 1. The van der Waals surface area contributed by atoms with Gasteiger partial charge in [0.15, 0.2) is 0 Å². The Morgan fingerprint density at radius 3 is 2.55 bits per heavy atom. The van der Waals surface area contributed by atoms with Crippen LogP contribution in [0.1, 0.15) is 64.2 Å². The molecule has 8 heteroatoms. The van der Waals surface area contributed by atoms with Gasteiger partial charge in [0.2, 0.25) is 5.95 Å². The molecule has 3 aliphatic rings. The summed E-state index contributed by atoms with van der Waals surface area (Å²) in [6.45, 7) is 4.99. The van der Waals surface area contributed by atoms with E-state index >= 15 is 0 Å². The molecule has 8 nitrogen and oxygen atoms in total. The molecular formula is C23H38N6O2. The molecule has 4 rings (SSSR count). The first-order valence-corrected chi connectivity index (χ1v) is 12.2. The minimum Gasteiger partial charge on any atom is -0.465 e. The molecule has 1 saturated carbocycles. The lowest BCUT2D eigenvalue weighted by molar-refractivity contribution is 0.108. The van der Waals surface area contributed by atoms with E-state index in [4.69, 9.17) is 10.1 Å². The van der Waals surface area contributed by atoms with Crippen LogP contribution in [0, 0.1) is 5.92 Å². The third-order valence-electron chi connectivity index (χ3n) is 7.23. The molecule has 0 radical (unpaired) electrons. The summed E-state index contributed by atoms with van der Waals surface area (Å²) >= 11 is 0. The number of likely N-dealkylation sites (tertiary alicyclic amines) is 1. The number of anilines is 2. The van der Waals surface area contributed by atoms with Gasteiger partial charge in [-0.15, -0.1) is 0 Å². The lowest BCUT2D eigenvalue weighted by Crippen LogP contribution is -2.48. The van der Waals surface area contributed by atoms with Crippen molar-refractivity contribution in [2.75, 3.05) is 42.9 Å². The van der Waals surface area contributed by atoms with Crippen molar-refractivity contribution in [3.8, 4) is 0 Å². The molecule has 1 amide bonds. The van der Waals surface area contributed by atoms with Crippen molar-refractivity contribution in [1.82, 2.24) is 20.2 Å². The zero-order chi connectivity index (χ0) is 21.5. The van der Waals surface area contributed by atoms with Gasteiger partial charge in [-0.05, 0) is 69.9 Å². The summed E-state index contributed by atoms with van der Waals surface area (Å²) in [5, 5.41) is 15.0. The number of carbonyl (C=O) groups is 1. The largest absolute Gasteiger partial charge is 0.465 e. The first-order valence-electron chi connectivity index (χ1n) is 12.2. The highest BCUT2D eigenvalue weighted by Gasteiger charge is 2.30. The van der Waals surface area contributed by atoms with E-state index in [1.165, 1.54) is 44.9 Å². The molecule has 1 aliphatic carbocycles. The van der Waals surface area contributed by atoms with Gasteiger partial charge >= 0.3 is 6.09 Å². The van der Waals surface area contributed by atoms with Gasteiger partial charge in [-0.2, -0.15) is 4.98 Å². The van der Waals surface area contributed by atoms with Crippen LogP contribution in [0.5, 0.6) is 0 Å². The number of nitrogens with zero attached hydrogens (tertiary/aromatic N) is 4. The van der Waals surface area contributed by atoms with Crippen molar-refractivity contribution in [3.63, 3.8) is 0 Å². The molecule has 1 atom stereocenters. The second-order valence-corrected chi connectivity index (χ2v) is 9.48. The Balaban J connectivity index is 1.27. The average molecular weight is 431 g/mol. The molecule has 0 aromatic carbocycles. The third-order valence-corrected chi connectivity index (χ3v) is 7.23. The highest BCUT2D eigenvalue weighted by atomic mass is 16.4. The highest BCUT2D eigenvalue weighted by molar-refractivity contribution is 5.64. The van der Waals surface area contributed by atoms with E-state index in [1.54, 1.807) is 0 Å². The summed E-state index contributed by atoms with van der Waals surface area (Å²) in [7, 11) is 0. The molecule has 3 heterocycles. The molecule has 0 bridgehead atoms. The van der Waals surface area contributed by atoms with Gasteiger partial charge in [-0.25, -0.2) is 9.78 Å². The van der Waals surface area contributed by atoms with Gasteiger partial charge in [0.05, 0.1) is 0 Å². The lowest BCUT2D eigenvalue weighted by Gasteiger charge is -2.41. The van der Waals surface area contributed by atoms with Crippen LogP contribution in [-0.4, -0.2) is 70.9 Å². The second kappa shape index (κ2) is 11.0. The third kappa shape index (κ3) is 6.45. The maximum Gasteiger partial charge on any atom is 0.404 e. The molecule has 3 N–H and O–H groups in total. The summed E-state index contributed by atoms with van der Waals surface area (Å²) in [6.07, 6.45) is 13.0. The molecule has 1 unspecified atom stereocenters. The minimum absolute atomic E-state index is 0.388. The molecule has 0 spiro atoms. The topological polar surface area (TPSA) is 93.6 Å². The molecule has 1 aromatic heterocycles. The number of rotatable bonds is 6. The maximum atomic E-state index is 10.7. The van der Waals surface area contributed by atoms with Crippen molar-refractivity contribution in [1.29, 1.82) is 0 Å². The summed E-state index contributed by atoms with van der Waals surface area (Å²) in [5.74, 6) is 2.30. The molecule has 3 fully saturated rings. The van der Waals surface area contributed by atoms with Gasteiger partial charge in [-0.3, -0.25) is 4.90 Å². The van der Waals surface area contributed by atoms with Crippen molar-refractivity contribution in [2.24, 2.45) is 5.92 Å². The second-order valence-electron chi connectivity index (χ2n) is 9.48. The predicted molar refractivity (Wildman–Crippen MR) is 123 cm³/mol.